The largest absolute Gasteiger partial charge is 0.381 e. The summed E-state index contributed by atoms with van der Waals surface area (Å²) >= 11 is 0. The van der Waals surface area contributed by atoms with E-state index in [1.165, 1.54) is 6.07 Å². The van der Waals surface area contributed by atoms with Gasteiger partial charge in [0.1, 0.15) is 0 Å². The van der Waals surface area contributed by atoms with Crippen molar-refractivity contribution in [2.24, 2.45) is 5.84 Å². The Labute approximate surface area is 103 Å². The molecule has 1 heterocycles. The van der Waals surface area contributed by atoms with E-state index in [1.807, 2.05) is 0 Å². The summed E-state index contributed by atoms with van der Waals surface area (Å²) in [5.41, 5.74) is 1.58. The average molecular weight is 256 g/mol. The predicted octanol–water partition coefficient (Wildman–Crippen LogP) is 1.00. The normalized spacial score (nSPS) is 18.4. The van der Waals surface area contributed by atoms with E-state index in [4.69, 9.17) is 10.6 Å². The minimum Gasteiger partial charge on any atom is -0.381 e. The van der Waals surface area contributed by atoms with Crippen molar-refractivity contribution < 1.29 is 18.3 Å². The molecule has 1 aromatic carbocycles. The number of hydrogen-bond donors (Lipinski definition) is 2. The van der Waals surface area contributed by atoms with Gasteiger partial charge >= 0.3 is 0 Å². The standard InChI is InChI=1S/C12H14F2N2O2/c13-9-2-1-8(7-10(9)14)12(11(17)16-15)3-5-18-6-4-12/h1-2,7H,3-6,15H2,(H,16,17). The number of amides is 1. The van der Waals surface area contributed by atoms with Crippen molar-refractivity contribution in [2.75, 3.05) is 13.2 Å². The number of carbonyl (C=O) groups excluding carboxylic acids is 1. The molecule has 1 amide bonds. The molecule has 1 saturated heterocycles. The molecule has 1 fully saturated rings. The topological polar surface area (TPSA) is 64.3 Å². The highest BCUT2D eigenvalue weighted by atomic mass is 19.2. The number of ether oxygens (including phenoxy) is 1. The lowest BCUT2D eigenvalue weighted by Crippen LogP contribution is -2.50. The number of hydrazine groups is 1. The van der Waals surface area contributed by atoms with Crippen molar-refractivity contribution >= 4 is 5.91 Å². The van der Waals surface area contributed by atoms with Gasteiger partial charge in [0.2, 0.25) is 5.91 Å². The Morgan fingerprint density at radius 1 is 1.28 bits per heavy atom. The van der Waals surface area contributed by atoms with Crippen molar-refractivity contribution in [3.8, 4) is 0 Å². The highest BCUT2D eigenvalue weighted by molar-refractivity contribution is 5.87. The summed E-state index contributed by atoms with van der Waals surface area (Å²) in [6.07, 6.45) is 0.780. The lowest BCUT2D eigenvalue weighted by atomic mass is 9.73. The van der Waals surface area contributed by atoms with Crippen LogP contribution in [0.25, 0.3) is 0 Å². The number of hydrogen-bond acceptors (Lipinski definition) is 3. The Bertz CT molecular complexity index is 459. The van der Waals surface area contributed by atoms with Gasteiger partial charge in [-0.3, -0.25) is 10.2 Å². The molecule has 0 unspecified atom stereocenters. The van der Waals surface area contributed by atoms with Crippen LogP contribution in [0.15, 0.2) is 18.2 Å². The summed E-state index contributed by atoms with van der Waals surface area (Å²) < 4.78 is 31.5. The second kappa shape index (κ2) is 4.99. The lowest BCUT2D eigenvalue weighted by Gasteiger charge is -2.35. The Kier molecular flexibility index (Phi) is 3.58. The molecule has 0 aromatic heterocycles. The SMILES string of the molecule is NNC(=O)C1(c2ccc(F)c(F)c2)CCOCC1. The van der Waals surface area contributed by atoms with Gasteiger partial charge in [-0.05, 0) is 30.5 Å². The summed E-state index contributed by atoms with van der Waals surface area (Å²) in [4.78, 5) is 12.0. The Balaban J connectivity index is 2.45. The molecule has 4 nitrogen and oxygen atoms in total. The zero-order valence-corrected chi connectivity index (χ0v) is 9.71. The number of nitrogens with one attached hydrogen (secondary N) is 1. The fourth-order valence-electron chi connectivity index (χ4n) is 2.30. The van der Waals surface area contributed by atoms with E-state index in [-0.39, 0.29) is 0 Å². The maximum absolute atomic E-state index is 13.3. The van der Waals surface area contributed by atoms with Gasteiger partial charge in [-0.15, -0.1) is 0 Å². The summed E-state index contributed by atoms with van der Waals surface area (Å²) in [6, 6.07) is 3.49. The maximum Gasteiger partial charge on any atom is 0.244 e. The van der Waals surface area contributed by atoms with Gasteiger partial charge in [0.05, 0.1) is 5.41 Å². The highest BCUT2D eigenvalue weighted by Crippen LogP contribution is 2.35. The molecule has 0 bridgehead atoms. The van der Waals surface area contributed by atoms with Gasteiger partial charge in [-0.1, -0.05) is 6.07 Å². The molecule has 0 saturated carbocycles. The van der Waals surface area contributed by atoms with Crippen LogP contribution in [0.3, 0.4) is 0 Å². The second-order valence-electron chi connectivity index (χ2n) is 4.30. The molecule has 1 aliphatic rings. The molecule has 1 aromatic rings. The van der Waals surface area contributed by atoms with Crippen molar-refractivity contribution in [2.45, 2.75) is 18.3 Å². The van der Waals surface area contributed by atoms with Crippen LogP contribution in [-0.4, -0.2) is 19.1 Å². The first kappa shape index (κ1) is 12.9. The second-order valence-corrected chi connectivity index (χ2v) is 4.30. The van der Waals surface area contributed by atoms with Crippen molar-refractivity contribution in [1.29, 1.82) is 0 Å². The molecule has 0 aliphatic carbocycles. The zero-order valence-electron chi connectivity index (χ0n) is 9.71. The molecular weight excluding hydrogens is 242 g/mol. The zero-order chi connectivity index (χ0) is 13.2. The Morgan fingerprint density at radius 3 is 2.50 bits per heavy atom. The van der Waals surface area contributed by atoms with Crippen LogP contribution in [0.4, 0.5) is 8.78 Å². The van der Waals surface area contributed by atoms with E-state index in [2.05, 4.69) is 5.43 Å². The lowest BCUT2D eigenvalue weighted by molar-refractivity contribution is -0.130. The van der Waals surface area contributed by atoms with Gasteiger partial charge in [-0.25, -0.2) is 14.6 Å². The van der Waals surface area contributed by atoms with Crippen LogP contribution in [-0.2, 0) is 14.9 Å². The minimum atomic E-state index is -0.969. The van der Waals surface area contributed by atoms with Crippen LogP contribution in [0, 0.1) is 11.6 Å². The van der Waals surface area contributed by atoms with E-state index in [0.717, 1.165) is 12.1 Å². The van der Waals surface area contributed by atoms with Crippen LogP contribution in [0.1, 0.15) is 18.4 Å². The van der Waals surface area contributed by atoms with Gasteiger partial charge in [-0.2, -0.15) is 0 Å². The van der Waals surface area contributed by atoms with Crippen molar-refractivity contribution in [1.82, 2.24) is 5.43 Å². The average Bonchev–Trinajstić information content (AvgIpc) is 2.41. The Morgan fingerprint density at radius 2 is 1.94 bits per heavy atom. The van der Waals surface area contributed by atoms with Gasteiger partial charge < -0.3 is 4.74 Å². The van der Waals surface area contributed by atoms with E-state index >= 15 is 0 Å². The highest BCUT2D eigenvalue weighted by Gasteiger charge is 2.41. The van der Waals surface area contributed by atoms with E-state index < -0.39 is 23.0 Å². The first-order chi connectivity index (χ1) is 8.60. The van der Waals surface area contributed by atoms with Gasteiger partial charge in [0, 0.05) is 13.2 Å². The number of carbonyl (C=O) groups is 1. The molecule has 18 heavy (non-hydrogen) atoms. The third-order valence-electron chi connectivity index (χ3n) is 3.38. The molecule has 1 aliphatic heterocycles. The molecule has 2 rings (SSSR count). The molecule has 6 heteroatoms. The molecule has 98 valence electrons. The van der Waals surface area contributed by atoms with Crippen LogP contribution < -0.4 is 11.3 Å². The maximum atomic E-state index is 13.3. The molecule has 3 N–H and O–H groups in total. The first-order valence-corrected chi connectivity index (χ1v) is 5.64. The molecular formula is C12H14F2N2O2. The van der Waals surface area contributed by atoms with Crippen LogP contribution in [0.5, 0.6) is 0 Å². The quantitative estimate of drug-likeness (QED) is 0.471. The summed E-state index contributed by atoms with van der Waals surface area (Å²) in [6.45, 7) is 0.763. The van der Waals surface area contributed by atoms with E-state index in [1.54, 1.807) is 0 Å². The van der Waals surface area contributed by atoms with Gasteiger partial charge in [0.25, 0.3) is 0 Å². The first-order valence-electron chi connectivity index (χ1n) is 5.64. The third kappa shape index (κ3) is 2.09. The van der Waals surface area contributed by atoms with Crippen molar-refractivity contribution in [3.05, 3.63) is 35.4 Å². The third-order valence-corrected chi connectivity index (χ3v) is 3.38. The number of halogens is 2. The van der Waals surface area contributed by atoms with Crippen LogP contribution in [0.2, 0.25) is 0 Å². The fourth-order valence-corrected chi connectivity index (χ4v) is 2.30. The smallest absolute Gasteiger partial charge is 0.244 e. The van der Waals surface area contributed by atoms with Crippen LogP contribution >= 0.6 is 0 Å². The fraction of sp³-hybridized carbons (Fsp3) is 0.417. The van der Waals surface area contributed by atoms with Gasteiger partial charge in [0.15, 0.2) is 11.6 Å². The molecule has 0 radical (unpaired) electrons. The number of benzene rings is 1. The monoisotopic (exact) mass is 256 g/mol. The summed E-state index contributed by atoms with van der Waals surface area (Å²) in [5.74, 6) is 2.87. The van der Waals surface area contributed by atoms with E-state index in [9.17, 15) is 13.6 Å². The van der Waals surface area contributed by atoms with E-state index in [0.29, 0.717) is 31.6 Å². The predicted molar refractivity (Wildman–Crippen MR) is 60.4 cm³/mol. The minimum absolute atomic E-state index is 0.381. The summed E-state index contributed by atoms with van der Waals surface area (Å²) in [7, 11) is 0. The summed E-state index contributed by atoms with van der Waals surface area (Å²) in [5, 5.41) is 0. The number of rotatable bonds is 2. The molecule has 0 atom stereocenters. The van der Waals surface area contributed by atoms with Crippen molar-refractivity contribution in [3.63, 3.8) is 0 Å². The number of nitrogens with two attached hydrogens (primary N) is 1. The molecule has 0 spiro atoms. The Hall–Kier alpha value is -1.53.